The second-order valence-electron chi connectivity index (χ2n) is 6.63. The minimum Gasteiger partial charge on any atom is -0.380 e. The Balaban J connectivity index is 2.04. The molecule has 6 nitrogen and oxygen atoms in total. The van der Waals surface area contributed by atoms with Crippen molar-refractivity contribution in [2.24, 2.45) is 5.92 Å². The number of carbonyl (C=O) groups excluding carboxylic acids is 2. The van der Waals surface area contributed by atoms with Crippen molar-refractivity contribution < 1.29 is 14.3 Å². The molecule has 0 saturated carbocycles. The third-order valence-corrected chi connectivity index (χ3v) is 4.67. The standard InChI is InChI=1S/C19H29N3O3/c1-4-14(2)17(21-19(24)22-10-5-6-11-22)18(23)20-16-9-7-8-15(12-16)13-25-3/h7-9,12,14,17H,4-6,10-11,13H2,1-3H3,(H,20,23)(H,21,24)/t14-,17+/m1/s1. The van der Waals surface area contributed by atoms with Crippen LogP contribution in [0.4, 0.5) is 10.5 Å². The van der Waals surface area contributed by atoms with Gasteiger partial charge in [-0.3, -0.25) is 4.79 Å². The van der Waals surface area contributed by atoms with Crippen LogP contribution < -0.4 is 10.6 Å². The number of amides is 3. The van der Waals surface area contributed by atoms with Crippen LogP contribution in [0.25, 0.3) is 0 Å². The maximum absolute atomic E-state index is 12.8. The second kappa shape index (κ2) is 9.42. The summed E-state index contributed by atoms with van der Waals surface area (Å²) >= 11 is 0. The maximum atomic E-state index is 12.8. The molecule has 3 amide bonds. The van der Waals surface area contributed by atoms with Crippen molar-refractivity contribution in [1.82, 2.24) is 10.2 Å². The Morgan fingerprint density at radius 1 is 1.28 bits per heavy atom. The lowest BCUT2D eigenvalue weighted by atomic mass is 9.98. The first kappa shape index (κ1) is 19.2. The van der Waals surface area contributed by atoms with E-state index in [0.717, 1.165) is 37.9 Å². The summed E-state index contributed by atoms with van der Waals surface area (Å²) in [5, 5.41) is 5.84. The van der Waals surface area contributed by atoms with Crippen LogP contribution >= 0.6 is 0 Å². The summed E-state index contributed by atoms with van der Waals surface area (Å²) in [5.41, 5.74) is 1.70. The van der Waals surface area contributed by atoms with Gasteiger partial charge in [0, 0.05) is 25.9 Å². The number of ether oxygens (including phenoxy) is 1. The van der Waals surface area contributed by atoms with Crippen LogP contribution in [-0.4, -0.2) is 43.1 Å². The zero-order valence-corrected chi connectivity index (χ0v) is 15.4. The quantitative estimate of drug-likeness (QED) is 0.796. The molecule has 1 aromatic carbocycles. The maximum Gasteiger partial charge on any atom is 0.318 e. The minimum absolute atomic E-state index is 0.0497. The van der Waals surface area contributed by atoms with E-state index < -0.39 is 6.04 Å². The zero-order valence-electron chi connectivity index (χ0n) is 15.4. The molecule has 0 aromatic heterocycles. The molecule has 0 unspecified atom stereocenters. The van der Waals surface area contributed by atoms with Crippen LogP contribution in [0, 0.1) is 5.92 Å². The molecule has 1 aliphatic rings. The molecule has 2 N–H and O–H groups in total. The van der Waals surface area contributed by atoms with Gasteiger partial charge in [-0.15, -0.1) is 0 Å². The highest BCUT2D eigenvalue weighted by molar-refractivity contribution is 5.97. The molecule has 2 rings (SSSR count). The SMILES string of the molecule is CC[C@@H](C)[C@H](NC(=O)N1CCCC1)C(=O)Nc1cccc(COC)c1. The number of benzene rings is 1. The van der Waals surface area contributed by atoms with E-state index >= 15 is 0 Å². The zero-order chi connectivity index (χ0) is 18.2. The van der Waals surface area contributed by atoms with E-state index in [1.54, 1.807) is 12.0 Å². The number of nitrogens with zero attached hydrogens (tertiary/aromatic N) is 1. The molecule has 0 spiro atoms. The van der Waals surface area contributed by atoms with Crippen molar-refractivity contribution in [3.8, 4) is 0 Å². The number of rotatable bonds is 7. The lowest BCUT2D eigenvalue weighted by Gasteiger charge is -2.26. The summed E-state index contributed by atoms with van der Waals surface area (Å²) in [6.45, 7) is 6.02. The normalized spacial score (nSPS) is 16.4. The topological polar surface area (TPSA) is 70.7 Å². The first-order chi connectivity index (χ1) is 12.0. The van der Waals surface area contributed by atoms with Gasteiger partial charge in [-0.05, 0) is 36.5 Å². The molecule has 0 radical (unpaired) electrons. The van der Waals surface area contributed by atoms with Gasteiger partial charge in [0.05, 0.1) is 6.61 Å². The fraction of sp³-hybridized carbons (Fsp3) is 0.579. The van der Waals surface area contributed by atoms with Gasteiger partial charge in [-0.2, -0.15) is 0 Å². The van der Waals surface area contributed by atoms with Crippen LogP contribution in [0.5, 0.6) is 0 Å². The minimum atomic E-state index is -0.552. The van der Waals surface area contributed by atoms with Crippen LogP contribution in [0.3, 0.4) is 0 Å². The Kier molecular flexibility index (Phi) is 7.25. The number of carbonyl (C=O) groups is 2. The molecule has 0 aliphatic carbocycles. The van der Waals surface area contributed by atoms with Crippen molar-refractivity contribution in [2.75, 3.05) is 25.5 Å². The largest absolute Gasteiger partial charge is 0.380 e. The molecule has 138 valence electrons. The third kappa shape index (κ3) is 5.46. The Morgan fingerprint density at radius 3 is 2.64 bits per heavy atom. The van der Waals surface area contributed by atoms with E-state index in [-0.39, 0.29) is 17.9 Å². The van der Waals surface area contributed by atoms with E-state index in [1.165, 1.54) is 0 Å². The molecule has 1 saturated heterocycles. The molecule has 1 aliphatic heterocycles. The van der Waals surface area contributed by atoms with E-state index in [1.807, 2.05) is 38.1 Å². The number of hydrogen-bond donors (Lipinski definition) is 2. The molecule has 1 heterocycles. The summed E-state index contributed by atoms with van der Waals surface area (Å²) in [6.07, 6.45) is 2.86. The number of nitrogens with one attached hydrogen (secondary N) is 2. The van der Waals surface area contributed by atoms with E-state index in [2.05, 4.69) is 10.6 Å². The Morgan fingerprint density at radius 2 is 2.00 bits per heavy atom. The first-order valence-corrected chi connectivity index (χ1v) is 8.99. The number of methoxy groups -OCH3 is 1. The van der Waals surface area contributed by atoms with E-state index in [9.17, 15) is 9.59 Å². The molecule has 0 bridgehead atoms. The van der Waals surface area contributed by atoms with Gasteiger partial charge >= 0.3 is 6.03 Å². The lowest BCUT2D eigenvalue weighted by molar-refractivity contribution is -0.119. The van der Waals surface area contributed by atoms with Crippen molar-refractivity contribution in [3.63, 3.8) is 0 Å². The number of hydrogen-bond acceptors (Lipinski definition) is 3. The van der Waals surface area contributed by atoms with Crippen molar-refractivity contribution in [2.45, 2.75) is 45.8 Å². The monoisotopic (exact) mass is 347 g/mol. The third-order valence-electron chi connectivity index (χ3n) is 4.67. The van der Waals surface area contributed by atoms with Gasteiger partial charge in [0.2, 0.25) is 5.91 Å². The van der Waals surface area contributed by atoms with Crippen molar-refractivity contribution in [3.05, 3.63) is 29.8 Å². The molecular formula is C19H29N3O3. The highest BCUT2D eigenvalue weighted by atomic mass is 16.5. The van der Waals surface area contributed by atoms with Crippen LogP contribution in [-0.2, 0) is 16.1 Å². The Hall–Kier alpha value is -2.08. The summed E-state index contributed by atoms with van der Waals surface area (Å²) < 4.78 is 5.13. The first-order valence-electron chi connectivity index (χ1n) is 8.99. The molecule has 6 heteroatoms. The highest BCUT2D eigenvalue weighted by Gasteiger charge is 2.28. The smallest absolute Gasteiger partial charge is 0.318 e. The summed E-state index contributed by atoms with van der Waals surface area (Å²) in [6, 6.07) is 6.85. The predicted molar refractivity (Wildman–Crippen MR) is 98.4 cm³/mol. The second-order valence-corrected chi connectivity index (χ2v) is 6.63. The number of likely N-dealkylation sites (tertiary alicyclic amines) is 1. The Labute approximate surface area is 149 Å². The average molecular weight is 347 g/mol. The average Bonchev–Trinajstić information content (AvgIpc) is 3.14. The van der Waals surface area contributed by atoms with Crippen LogP contribution in [0.1, 0.15) is 38.7 Å². The van der Waals surface area contributed by atoms with Gasteiger partial charge in [0.15, 0.2) is 0 Å². The predicted octanol–water partition coefficient (Wildman–Crippen LogP) is 2.99. The number of urea groups is 1. The molecule has 1 aromatic rings. The molecular weight excluding hydrogens is 318 g/mol. The fourth-order valence-corrected chi connectivity index (χ4v) is 2.97. The van der Waals surface area contributed by atoms with Gasteiger partial charge in [-0.25, -0.2) is 4.79 Å². The van der Waals surface area contributed by atoms with Gasteiger partial charge in [0.25, 0.3) is 0 Å². The lowest BCUT2D eigenvalue weighted by Crippen LogP contribution is -2.51. The number of anilines is 1. The van der Waals surface area contributed by atoms with Gasteiger partial charge in [-0.1, -0.05) is 32.4 Å². The molecule has 2 atom stereocenters. The van der Waals surface area contributed by atoms with Crippen LogP contribution in [0.15, 0.2) is 24.3 Å². The van der Waals surface area contributed by atoms with E-state index in [0.29, 0.717) is 12.3 Å². The molecule has 1 fully saturated rings. The van der Waals surface area contributed by atoms with Gasteiger partial charge in [0.1, 0.15) is 6.04 Å². The Bertz CT molecular complexity index is 585. The molecule has 25 heavy (non-hydrogen) atoms. The van der Waals surface area contributed by atoms with Gasteiger partial charge < -0.3 is 20.3 Å². The van der Waals surface area contributed by atoms with E-state index in [4.69, 9.17) is 4.74 Å². The van der Waals surface area contributed by atoms with Crippen LogP contribution in [0.2, 0.25) is 0 Å². The van der Waals surface area contributed by atoms with Crippen molar-refractivity contribution in [1.29, 1.82) is 0 Å². The summed E-state index contributed by atoms with van der Waals surface area (Å²) in [5.74, 6) is -0.134. The fourth-order valence-electron chi connectivity index (χ4n) is 2.97. The summed E-state index contributed by atoms with van der Waals surface area (Å²) in [7, 11) is 1.64. The summed E-state index contributed by atoms with van der Waals surface area (Å²) in [4.78, 5) is 26.9. The highest BCUT2D eigenvalue weighted by Crippen LogP contribution is 2.16. The van der Waals surface area contributed by atoms with Crippen molar-refractivity contribution >= 4 is 17.6 Å².